The number of fused-ring (bicyclic) bond motifs is 1. The van der Waals surface area contributed by atoms with Gasteiger partial charge in [-0.25, -0.2) is 9.78 Å². The largest absolute Gasteiger partial charge is 0.459 e. The molecule has 1 unspecified atom stereocenters. The number of esters is 2. The fourth-order valence-electron chi connectivity index (χ4n) is 4.13. The molecule has 4 atom stereocenters. The van der Waals surface area contributed by atoms with Gasteiger partial charge in [0.15, 0.2) is 23.1 Å². The van der Waals surface area contributed by atoms with Gasteiger partial charge in [0.1, 0.15) is 17.7 Å². The maximum atomic E-state index is 12.6. The number of carbonyl (C=O) groups excluding carboxylic acids is 2. The van der Waals surface area contributed by atoms with Crippen LogP contribution in [0.5, 0.6) is 0 Å². The smallest absolute Gasteiger partial charge is 0.338 e. The zero-order valence-corrected chi connectivity index (χ0v) is 19.2. The van der Waals surface area contributed by atoms with E-state index in [-0.39, 0.29) is 23.6 Å². The quantitative estimate of drug-likeness (QED) is 0.423. The van der Waals surface area contributed by atoms with Gasteiger partial charge in [0, 0.05) is 12.8 Å². The molecule has 0 saturated carbocycles. The summed E-state index contributed by atoms with van der Waals surface area (Å²) in [6.07, 6.45) is 0.481. The number of hydrogen-bond acceptors (Lipinski definition) is 9. The fraction of sp³-hybridized carbons (Fsp3) is 0.409. The number of hydrogen-bond donors (Lipinski definition) is 1. The molecule has 1 fully saturated rings. The SMILES string of the molecule is CC[C@]1(COC(=O)c2ccccc2)OC(n2cnc3c(Cl)nc(N)nc32)[C@H](OC(C)=O)[C@H]1C. The zero-order chi connectivity index (χ0) is 23.8. The second kappa shape index (κ2) is 8.95. The Hall–Kier alpha value is -3.24. The summed E-state index contributed by atoms with van der Waals surface area (Å²) >= 11 is 6.17. The lowest BCUT2D eigenvalue weighted by Crippen LogP contribution is -2.42. The standard InChI is InChI=1S/C22H24ClN5O5/c1-4-22(10-31-20(30)14-8-6-5-7-9-14)12(2)16(32-13(3)29)19(33-22)28-11-25-15-17(23)26-21(24)27-18(15)28/h5-9,11-12,16,19H,4,10H2,1-3H3,(H2,24,26,27)/t12-,16-,19?,22-/m1/s1. The molecule has 0 bridgehead atoms. The minimum absolute atomic E-state index is 0.0251. The van der Waals surface area contributed by atoms with Crippen molar-refractivity contribution in [3.63, 3.8) is 0 Å². The van der Waals surface area contributed by atoms with E-state index >= 15 is 0 Å². The molecule has 0 spiro atoms. The molecule has 2 N–H and O–H groups in total. The third-order valence-corrected chi connectivity index (χ3v) is 6.25. The Bertz CT molecular complexity index is 1190. The summed E-state index contributed by atoms with van der Waals surface area (Å²) in [6, 6.07) is 8.69. The van der Waals surface area contributed by atoms with Gasteiger partial charge in [-0.3, -0.25) is 9.36 Å². The van der Waals surface area contributed by atoms with Crippen molar-refractivity contribution in [2.75, 3.05) is 12.3 Å². The molecule has 10 nitrogen and oxygen atoms in total. The maximum absolute atomic E-state index is 12.6. The molecule has 11 heteroatoms. The molecule has 3 heterocycles. The van der Waals surface area contributed by atoms with Crippen LogP contribution in [-0.2, 0) is 19.0 Å². The highest BCUT2D eigenvalue weighted by Crippen LogP contribution is 2.46. The van der Waals surface area contributed by atoms with E-state index in [1.54, 1.807) is 28.8 Å². The number of imidazole rings is 1. The lowest BCUT2D eigenvalue weighted by atomic mass is 9.85. The molecule has 1 aliphatic rings. The molecule has 1 aromatic carbocycles. The second-order valence-corrected chi connectivity index (χ2v) is 8.29. The van der Waals surface area contributed by atoms with Gasteiger partial charge in [0.2, 0.25) is 5.95 Å². The van der Waals surface area contributed by atoms with E-state index < -0.39 is 29.9 Å². The molecular formula is C22H24ClN5O5. The predicted octanol–water partition coefficient (Wildman–Crippen LogP) is 3.16. The number of benzene rings is 1. The number of halogens is 1. The number of anilines is 1. The Morgan fingerprint density at radius 1 is 1.27 bits per heavy atom. The summed E-state index contributed by atoms with van der Waals surface area (Å²) in [4.78, 5) is 36.9. The number of carbonyl (C=O) groups is 2. The molecule has 0 amide bonds. The van der Waals surface area contributed by atoms with Crippen molar-refractivity contribution in [2.45, 2.75) is 45.1 Å². The van der Waals surface area contributed by atoms with Gasteiger partial charge in [-0.2, -0.15) is 9.97 Å². The van der Waals surface area contributed by atoms with Crippen LogP contribution < -0.4 is 5.73 Å². The van der Waals surface area contributed by atoms with E-state index in [1.807, 2.05) is 19.9 Å². The third-order valence-electron chi connectivity index (χ3n) is 5.99. The summed E-state index contributed by atoms with van der Waals surface area (Å²) in [7, 11) is 0. The van der Waals surface area contributed by atoms with E-state index in [9.17, 15) is 9.59 Å². The van der Waals surface area contributed by atoms with Crippen LogP contribution in [0, 0.1) is 5.92 Å². The Morgan fingerprint density at radius 3 is 2.67 bits per heavy atom. The van der Waals surface area contributed by atoms with Crippen LogP contribution >= 0.6 is 11.6 Å². The lowest BCUT2D eigenvalue weighted by molar-refractivity contribution is -0.154. The molecule has 1 saturated heterocycles. The van der Waals surface area contributed by atoms with Gasteiger partial charge in [-0.05, 0) is 18.6 Å². The average molecular weight is 474 g/mol. The fourth-order valence-corrected chi connectivity index (χ4v) is 4.35. The van der Waals surface area contributed by atoms with E-state index in [0.717, 1.165) is 0 Å². The lowest BCUT2D eigenvalue weighted by Gasteiger charge is -2.31. The van der Waals surface area contributed by atoms with Crippen LogP contribution in [0.4, 0.5) is 5.95 Å². The Kier molecular flexibility index (Phi) is 6.22. The molecule has 33 heavy (non-hydrogen) atoms. The van der Waals surface area contributed by atoms with Crippen molar-refractivity contribution in [3.05, 3.63) is 47.4 Å². The van der Waals surface area contributed by atoms with Crippen LogP contribution in [0.2, 0.25) is 5.15 Å². The van der Waals surface area contributed by atoms with E-state index in [2.05, 4.69) is 15.0 Å². The topological polar surface area (TPSA) is 131 Å². The summed E-state index contributed by atoms with van der Waals surface area (Å²) in [5.41, 5.74) is 5.97. The first-order chi connectivity index (χ1) is 15.8. The highest BCUT2D eigenvalue weighted by molar-refractivity contribution is 6.33. The van der Waals surface area contributed by atoms with Crippen LogP contribution in [0.3, 0.4) is 0 Å². The summed E-state index contributed by atoms with van der Waals surface area (Å²) < 4.78 is 19.4. The van der Waals surface area contributed by atoms with E-state index in [4.69, 9.17) is 31.5 Å². The van der Waals surface area contributed by atoms with Gasteiger partial charge in [-0.15, -0.1) is 0 Å². The number of aromatic nitrogens is 4. The zero-order valence-electron chi connectivity index (χ0n) is 18.4. The number of nitrogens with zero attached hydrogens (tertiary/aromatic N) is 4. The van der Waals surface area contributed by atoms with Crippen LogP contribution in [-0.4, -0.2) is 49.8 Å². The minimum atomic E-state index is -0.922. The van der Waals surface area contributed by atoms with Gasteiger partial charge < -0.3 is 19.9 Å². The van der Waals surface area contributed by atoms with Crippen LogP contribution in [0.25, 0.3) is 11.2 Å². The van der Waals surface area contributed by atoms with Crippen molar-refractivity contribution in [1.82, 2.24) is 19.5 Å². The monoisotopic (exact) mass is 473 g/mol. The Labute approximate surface area is 195 Å². The second-order valence-electron chi connectivity index (χ2n) is 7.93. The van der Waals surface area contributed by atoms with Crippen LogP contribution in [0.1, 0.15) is 43.8 Å². The Morgan fingerprint density at radius 2 is 2.00 bits per heavy atom. The van der Waals surface area contributed by atoms with Gasteiger partial charge in [0.05, 0.1) is 11.9 Å². The average Bonchev–Trinajstić information content (AvgIpc) is 3.32. The van der Waals surface area contributed by atoms with Crippen molar-refractivity contribution in [2.24, 2.45) is 5.92 Å². The first kappa shape index (κ1) is 22.9. The van der Waals surface area contributed by atoms with E-state index in [0.29, 0.717) is 23.1 Å². The van der Waals surface area contributed by atoms with Gasteiger partial charge >= 0.3 is 11.9 Å². The molecule has 0 aliphatic carbocycles. The van der Waals surface area contributed by atoms with E-state index in [1.165, 1.54) is 13.3 Å². The van der Waals surface area contributed by atoms with Crippen molar-refractivity contribution >= 4 is 40.7 Å². The minimum Gasteiger partial charge on any atom is -0.459 e. The van der Waals surface area contributed by atoms with Crippen LogP contribution in [0.15, 0.2) is 36.7 Å². The molecule has 1 aliphatic heterocycles. The first-order valence-corrected chi connectivity index (χ1v) is 10.9. The highest BCUT2D eigenvalue weighted by Gasteiger charge is 2.55. The molecular weight excluding hydrogens is 450 g/mol. The normalized spacial score (nSPS) is 24.7. The summed E-state index contributed by atoms with van der Waals surface area (Å²) in [6.45, 7) is 5.11. The highest BCUT2D eigenvalue weighted by atomic mass is 35.5. The number of nitrogens with two attached hydrogens (primary N) is 1. The third kappa shape index (κ3) is 4.23. The van der Waals surface area contributed by atoms with Gasteiger partial charge in [-0.1, -0.05) is 43.6 Å². The maximum Gasteiger partial charge on any atom is 0.338 e. The summed E-state index contributed by atoms with van der Waals surface area (Å²) in [5, 5.41) is 0.102. The van der Waals surface area contributed by atoms with Crippen molar-refractivity contribution < 1.29 is 23.8 Å². The molecule has 3 aromatic rings. The summed E-state index contributed by atoms with van der Waals surface area (Å²) in [5.74, 6) is -1.28. The molecule has 2 aromatic heterocycles. The van der Waals surface area contributed by atoms with Crippen molar-refractivity contribution in [3.8, 4) is 0 Å². The first-order valence-electron chi connectivity index (χ1n) is 10.5. The number of ether oxygens (including phenoxy) is 3. The molecule has 4 rings (SSSR count). The predicted molar refractivity (Wildman–Crippen MR) is 119 cm³/mol. The molecule has 0 radical (unpaired) electrons. The van der Waals surface area contributed by atoms with Crippen molar-refractivity contribution in [1.29, 1.82) is 0 Å². The number of rotatable bonds is 6. The molecule has 174 valence electrons. The van der Waals surface area contributed by atoms with Gasteiger partial charge in [0.25, 0.3) is 0 Å². The number of nitrogen functional groups attached to an aromatic ring is 1. The Balaban J connectivity index is 1.68.